The maximum absolute atomic E-state index is 3.83. The Labute approximate surface area is 101 Å². The quantitative estimate of drug-likeness (QED) is 0.772. The van der Waals surface area contributed by atoms with Gasteiger partial charge >= 0.3 is 0 Å². The number of nitrogens with zero attached hydrogens (tertiary/aromatic N) is 1. The molecule has 2 unspecified atom stereocenters. The molecule has 2 fully saturated rings. The Morgan fingerprint density at radius 3 is 1.94 bits per heavy atom. The third kappa shape index (κ3) is 3.21. The highest BCUT2D eigenvalue weighted by Crippen LogP contribution is 2.33. The van der Waals surface area contributed by atoms with Gasteiger partial charge in [-0.05, 0) is 71.0 Å². The number of piperidine rings is 1. The van der Waals surface area contributed by atoms with Crippen LogP contribution in [0.25, 0.3) is 0 Å². The van der Waals surface area contributed by atoms with E-state index in [-0.39, 0.29) is 0 Å². The number of hydrogen-bond donors (Lipinski definition) is 1. The van der Waals surface area contributed by atoms with Crippen molar-refractivity contribution in [3.05, 3.63) is 0 Å². The molecule has 0 aromatic rings. The van der Waals surface area contributed by atoms with Gasteiger partial charge in [0, 0.05) is 12.1 Å². The second kappa shape index (κ2) is 5.50. The van der Waals surface area contributed by atoms with Crippen LogP contribution in [0.4, 0.5) is 0 Å². The summed E-state index contributed by atoms with van der Waals surface area (Å²) >= 11 is 0. The summed E-state index contributed by atoms with van der Waals surface area (Å²) in [7, 11) is 0. The molecule has 0 aromatic heterocycles. The first kappa shape index (κ1) is 12.4. The highest BCUT2D eigenvalue weighted by atomic mass is 15.1. The first-order valence-corrected chi connectivity index (χ1v) is 7.19. The molecule has 2 atom stereocenters. The monoisotopic (exact) mass is 224 g/mol. The van der Waals surface area contributed by atoms with Gasteiger partial charge in [-0.1, -0.05) is 6.92 Å². The molecule has 0 radical (unpaired) electrons. The molecule has 0 spiro atoms. The lowest BCUT2D eigenvalue weighted by Crippen LogP contribution is -2.45. The van der Waals surface area contributed by atoms with Crippen LogP contribution in [-0.2, 0) is 0 Å². The van der Waals surface area contributed by atoms with Crippen molar-refractivity contribution in [3.63, 3.8) is 0 Å². The molecular weight excluding hydrogens is 196 g/mol. The summed E-state index contributed by atoms with van der Waals surface area (Å²) in [5.41, 5.74) is 0. The number of hydrogen-bond acceptors (Lipinski definition) is 2. The molecule has 2 aliphatic rings. The van der Waals surface area contributed by atoms with Crippen LogP contribution >= 0.6 is 0 Å². The maximum Gasteiger partial charge on any atom is 0.00705 e. The van der Waals surface area contributed by atoms with Gasteiger partial charge in [0.15, 0.2) is 0 Å². The van der Waals surface area contributed by atoms with Crippen LogP contribution in [0.3, 0.4) is 0 Å². The molecule has 1 saturated carbocycles. The molecule has 16 heavy (non-hydrogen) atoms. The van der Waals surface area contributed by atoms with Gasteiger partial charge in [0.25, 0.3) is 0 Å². The summed E-state index contributed by atoms with van der Waals surface area (Å²) < 4.78 is 0. The standard InChI is InChI=1S/C14H28N2/c1-4-16-9-7-14(8-10-16)12(3)15-11(2)13-5-6-13/h11-15H,4-10H2,1-3H3. The van der Waals surface area contributed by atoms with E-state index in [1.54, 1.807) is 0 Å². The summed E-state index contributed by atoms with van der Waals surface area (Å²) in [6.45, 7) is 10.9. The zero-order valence-corrected chi connectivity index (χ0v) is 11.2. The van der Waals surface area contributed by atoms with Crippen molar-refractivity contribution in [2.24, 2.45) is 11.8 Å². The fourth-order valence-electron chi connectivity index (χ4n) is 3.05. The fraction of sp³-hybridized carbons (Fsp3) is 1.00. The smallest absolute Gasteiger partial charge is 0.00705 e. The van der Waals surface area contributed by atoms with Gasteiger partial charge in [0.05, 0.1) is 0 Å². The molecule has 1 aliphatic carbocycles. The van der Waals surface area contributed by atoms with Gasteiger partial charge in [-0.15, -0.1) is 0 Å². The van der Waals surface area contributed by atoms with E-state index in [1.807, 2.05) is 0 Å². The molecule has 2 rings (SSSR count). The van der Waals surface area contributed by atoms with Crippen LogP contribution in [-0.4, -0.2) is 36.6 Å². The molecule has 2 nitrogen and oxygen atoms in total. The highest BCUT2D eigenvalue weighted by Gasteiger charge is 2.30. The van der Waals surface area contributed by atoms with Gasteiger partial charge in [0.2, 0.25) is 0 Å². The Bertz CT molecular complexity index is 205. The zero-order valence-electron chi connectivity index (χ0n) is 11.2. The van der Waals surface area contributed by atoms with E-state index in [0.29, 0.717) is 0 Å². The van der Waals surface area contributed by atoms with Crippen molar-refractivity contribution in [3.8, 4) is 0 Å². The summed E-state index contributed by atoms with van der Waals surface area (Å²) in [5.74, 6) is 1.89. The summed E-state index contributed by atoms with van der Waals surface area (Å²) in [5, 5.41) is 3.83. The van der Waals surface area contributed by atoms with Crippen LogP contribution in [0, 0.1) is 11.8 Å². The van der Waals surface area contributed by atoms with Crippen LogP contribution < -0.4 is 5.32 Å². The second-order valence-electron chi connectivity index (χ2n) is 5.85. The number of likely N-dealkylation sites (tertiary alicyclic amines) is 1. The van der Waals surface area contributed by atoms with Crippen molar-refractivity contribution in [1.82, 2.24) is 10.2 Å². The van der Waals surface area contributed by atoms with E-state index in [2.05, 4.69) is 31.0 Å². The predicted octanol–water partition coefficient (Wildman–Crippen LogP) is 2.49. The van der Waals surface area contributed by atoms with E-state index >= 15 is 0 Å². The minimum absolute atomic E-state index is 0.717. The van der Waals surface area contributed by atoms with E-state index in [1.165, 1.54) is 45.3 Å². The van der Waals surface area contributed by atoms with Gasteiger partial charge in [0.1, 0.15) is 0 Å². The molecule has 1 N–H and O–H groups in total. The van der Waals surface area contributed by atoms with Gasteiger partial charge in [-0.25, -0.2) is 0 Å². The lowest BCUT2D eigenvalue weighted by molar-refractivity contribution is 0.163. The van der Waals surface area contributed by atoms with Crippen molar-refractivity contribution in [1.29, 1.82) is 0 Å². The third-order valence-electron chi connectivity index (χ3n) is 4.64. The van der Waals surface area contributed by atoms with Crippen LogP contribution in [0.2, 0.25) is 0 Å². The molecule has 1 saturated heterocycles. The summed E-state index contributed by atoms with van der Waals surface area (Å²) in [4.78, 5) is 2.58. The average Bonchev–Trinajstić information content (AvgIpc) is 3.13. The molecule has 0 aromatic carbocycles. The van der Waals surface area contributed by atoms with Crippen LogP contribution in [0.1, 0.15) is 46.5 Å². The minimum atomic E-state index is 0.717. The number of rotatable bonds is 5. The second-order valence-corrected chi connectivity index (χ2v) is 5.85. The Morgan fingerprint density at radius 2 is 1.50 bits per heavy atom. The van der Waals surface area contributed by atoms with Crippen molar-refractivity contribution < 1.29 is 0 Å². The van der Waals surface area contributed by atoms with Gasteiger partial charge < -0.3 is 10.2 Å². The predicted molar refractivity (Wildman–Crippen MR) is 69.6 cm³/mol. The third-order valence-corrected chi connectivity index (χ3v) is 4.64. The summed E-state index contributed by atoms with van der Waals surface area (Å²) in [6, 6.07) is 1.47. The van der Waals surface area contributed by atoms with E-state index in [0.717, 1.165) is 23.9 Å². The van der Waals surface area contributed by atoms with Crippen LogP contribution in [0.15, 0.2) is 0 Å². The summed E-state index contributed by atoms with van der Waals surface area (Å²) in [6.07, 6.45) is 5.68. The Kier molecular flexibility index (Phi) is 4.26. The maximum atomic E-state index is 3.83. The topological polar surface area (TPSA) is 15.3 Å². The van der Waals surface area contributed by atoms with Crippen LogP contribution in [0.5, 0.6) is 0 Å². The molecule has 1 aliphatic heterocycles. The molecule has 0 bridgehead atoms. The average molecular weight is 224 g/mol. The molecule has 0 amide bonds. The Hall–Kier alpha value is -0.0800. The largest absolute Gasteiger partial charge is 0.311 e. The molecule has 94 valence electrons. The lowest BCUT2D eigenvalue weighted by atomic mass is 9.89. The minimum Gasteiger partial charge on any atom is -0.311 e. The molecule has 2 heteroatoms. The van der Waals surface area contributed by atoms with Crippen molar-refractivity contribution in [2.75, 3.05) is 19.6 Å². The van der Waals surface area contributed by atoms with Gasteiger partial charge in [-0.3, -0.25) is 0 Å². The normalized spacial score (nSPS) is 27.9. The first-order chi connectivity index (χ1) is 7.70. The Balaban J connectivity index is 1.70. The van der Waals surface area contributed by atoms with E-state index < -0.39 is 0 Å². The van der Waals surface area contributed by atoms with Crippen molar-refractivity contribution >= 4 is 0 Å². The van der Waals surface area contributed by atoms with Gasteiger partial charge in [-0.2, -0.15) is 0 Å². The first-order valence-electron chi connectivity index (χ1n) is 7.19. The van der Waals surface area contributed by atoms with E-state index in [4.69, 9.17) is 0 Å². The lowest BCUT2D eigenvalue weighted by Gasteiger charge is -2.35. The zero-order chi connectivity index (χ0) is 11.5. The fourth-order valence-corrected chi connectivity index (χ4v) is 3.05. The molecule has 1 heterocycles. The molecular formula is C14H28N2. The SMILES string of the molecule is CCN1CCC(C(C)NC(C)C2CC2)CC1. The highest BCUT2D eigenvalue weighted by molar-refractivity contribution is 4.87. The Morgan fingerprint density at radius 1 is 1.00 bits per heavy atom. The number of nitrogens with one attached hydrogen (secondary N) is 1. The van der Waals surface area contributed by atoms with Crippen molar-refractivity contribution in [2.45, 2.75) is 58.5 Å². The van der Waals surface area contributed by atoms with E-state index in [9.17, 15) is 0 Å².